The minimum absolute atomic E-state index is 0.155. The Hall–Kier alpha value is -1.66. The largest absolute Gasteiger partial charge is 0.397 e. The zero-order valence-corrected chi connectivity index (χ0v) is 12.0. The number of aromatic nitrogens is 4. The Balaban J connectivity index is 1.96. The van der Waals surface area contributed by atoms with Gasteiger partial charge in [0, 0.05) is 12.7 Å². The lowest BCUT2D eigenvalue weighted by atomic mass is 9.80. The summed E-state index contributed by atoms with van der Waals surface area (Å²) in [5.41, 5.74) is 7.09. The van der Waals surface area contributed by atoms with Crippen molar-refractivity contribution >= 4 is 17.3 Å². The number of rotatable bonds is 4. The standard InChI is InChI=1S/C13H16ClN5O/c1-20-13(6-3-7-13)8-19-12(16-17-18-19)9-4-2-5-10(14)11(9)15/h2,4-5H,3,6-8,15H2,1H3. The lowest BCUT2D eigenvalue weighted by Crippen LogP contribution is -2.43. The molecule has 0 spiro atoms. The van der Waals surface area contributed by atoms with E-state index in [1.807, 2.05) is 12.1 Å². The molecular formula is C13H16ClN5O. The number of anilines is 1. The van der Waals surface area contributed by atoms with Gasteiger partial charge in [0.05, 0.1) is 22.9 Å². The molecule has 0 amide bonds. The average Bonchev–Trinajstić information content (AvgIpc) is 2.85. The highest BCUT2D eigenvalue weighted by atomic mass is 35.5. The lowest BCUT2D eigenvalue weighted by molar-refractivity contribution is -0.0855. The normalized spacial score (nSPS) is 16.9. The maximum atomic E-state index is 6.05. The molecule has 0 unspecified atom stereocenters. The molecule has 1 aliphatic carbocycles. The summed E-state index contributed by atoms with van der Waals surface area (Å²) in [6.07, 6.45) is 3.21. The molecule has 2 N–H and O–H groups in total. The smallest absolute Gasteiger partial charge is 0.184 e. The number of nitrogens with two attached hydrogens (primary N) is 1. The third kappa shape index (κ3) is 2.14. The molecule has 0 radical (unpaired) electrons. The molecule has 1 heterocycles. The lowest BCUT2D eigenvalue weighted by Gasteiger charge is -2.40. The van der Waals surface area contributed by atoms with Crippen molar-refractivity contribution in [2.24, 2.45) is 0 Å². The number of nitrogen functional groups attached to an aromatic ring is 1. The zero-order chi connectivity index (χ0) is 14.2. The van der Waals surface area contributed by atoms with Crippen LogP contribution < -0.4 is 5.73 Å². The van der Waals surface area contributed by atoms with Crippen LogP contribution in [0.3, 0.4) is 0 Å². The molecule has 1 aromatic carbocycles. The van der Waals surface area contributed by atoms with Crippen molar-refractivity contribution in [1.29, 1.82) is 0 Å². The number of tetrazole rings is 1. The number of ether oxygens (including phenoxy) is 1. The van der Waals surface area contributed by atoms with E-state index >= 15 is 0 Å². The highest BCUT2D eigenvalue weighted by Gasteiger charge is 2.38. The molecule has 106 valence electrons. The average molecular weight is 294 g/mol. The van der Waals surface area contributed by atoms with Crippen LogP contribution in [0.2, 0.25) is 5.02 Å². The van der Waals surface area contributed by atoms with Crippen molar-refractivity contribution < 1.29 is 4.74 Å². The summed E-state index contributed by atoms with van der Waals surface area (Å²) >= 11 is 6.05. The zero-order valence-electron chi connectivity index (χ0n) is 11.2. The summed E-state index contributed by atoms with van der Waals surface area (Å²) in [6, 6.07) is 5.45. The van der Waals surface area contributed by atoms with E-state index in [0.717, 1.165) is 18.4 Å². The van der Waals surface area contributed by atoms with Crippen LogP contribution in [0.4, 0.5) is 5.69 Å². The van der Waals surface area contributed by atoms with Crippen LogP contribution in [0.5, 0.6) is 0 Å². The molecule has 1 fully saturated rings. The maximum absolute atomic E-state index is 6.05. The topological polar surface area (TPSA) is 78.8 Å². The molecule has 1 aromatic heterocycles. The first-order valence-corrected chi connectivity index (χ1v) is 6.89. The van der Waals surface area contributed by atoms with E-state index in [9.17, 15) is 0 Å². The summed E-state index contributed by atoms with van der Waals surface area (Å²) < 4.78 is 7.36. The van der Waals surface area contributed by atoms with Gasteiger partial charge in [-0.2, -0.15) is 0 Å². The second-order valence-electron chi connectivity index (χ2n) is 5.10. The highest BCUT2D eigenvalue weighted by molar-refractivity contribution is 6.33. The van der Waals surface area contributed by atoms with Crippen LogP contribution in [0, 0.1) is 0 Å². The predicted molar refractivity (Wildman–Crippen MR) is 76.3 cm³/mol. The second-order valence-corrected chi connectivity index (χ2v) is 5.51. The van der Waals surface area contributed by atoms with Crippen LogP contribution in [0.25, 0.3) is 11.4 Å². The molecule has 2 aromatic rings. The minimum Gasteiger partial charge on any atom is -0.397 e. The Morgan fingerprint density at radius 3 is 2.90 bits per heavy atom. The molecule has 0 saturated heterocycles. The van der Waals surface area contributed by atoms with Crippen molar-refractivity contribution in [3.8, 4) is 11.4 Å². The fraction of sp³-hybridized carbons (Fsp3) is 0.462. The summed E-state index contributed by atoms with van der Waals surface area (Å²) in [5.74, 6) is 0.619. The van der Waals surface area contributed by atoms with Crippen LogP contribution in [0.15, 0.2) is 18.2 Å². The van der Waals surface area contributed by atoms with Crippen molar-refractivity contribution in [2.75, 3.05) is 12.8 Å². The predicted octanol–water partition coefficient (Wildman–Crippen LogP) is 2.14. The molecule has 7 heteroatoms. The van der Waals surface area contributed by atoms with Gasteiger partial charge < -0.3 is 10.5 Å². The number of para-hydroxylation sites is 1. The number of methoxy groups -OCH3 is 1. The summed E-state index contributed by atoms with van der Waals surface area (Å²) in [5, 5.41) is 12.4. The van der Waals surface area contributed by atoms with Gasteiger partial charge in [-0.1, -0.05) is 17.7 Å². The third-order valence-corrected chi connectivity index (χ3v) is 4.29. The Labute approximate surface area is 121 Å². The fourth-order valence-corrected chi connectivity index (χ4v) is 2.68. The maximum Gasteiger partial charge on any atom is 0.184 e. The fourth-order valence-electron chi connectivity index (χ4n) is 2.51. The first-order chi connectivity index (χ1) is 9.65. The van der Waals surface area contributed by atoms with Gasteiger partial charge in [-0.05, 0) is 41.8 Å². The van der Waals surface area contributed by atoms with E-state index in [1.54, 1.807) is 17.9 Å². The monoisotopic (exact) mass is 293 g/mol. The van der Waals surface area contributed by atoms with E-state index < -0.39 is 0 Å². The summed E-state index contributed by atoms with van der Waals surface area (Å²) in [4.78, 5) is 0. The SMILES string of the molecule is COC1(Cn2nnnc2-c2cccc(Cl)c2N)CCC1. The first-order valence-electron chi connectivity index (χ1n) is 6.51. The van der Waals surface area contributed by atoms with Crippen LogP contribution >= 0.6 is 11.6 Å². The molecular weight excluding hydrogens is 278 g/mol. The summed E-state index contributed by atoms with van der Waals surface area (Å²) in [7, 11) is 1.73. The Kier molecular flexibility index (Phi) is 3.35. The van der Waals surface area contributed by atoms with E-state index in [4.69, 9.17) is 22.1 Å². The number of benzene rings is 1. The van der Waals surface area contributed by atoms with E-state index in [1.165, 1.54) is 6.42 Å². The highest BCUT2D eigenvalue weighted by Crippen LogP contribution is 2.37. The molecule has 20 heavy (non-hydrogen) atoms. The molecule has 0 atom stereocenters. The van der Waals surface area contributed by atoms with Crippen molar-refractivity contribution in [3.05, 3.63) is 23.2 Å². The molecule has 1 saturated carbocycles. The van der Waals surface area contributed by atoms with Gasteiger partial charge in [0.1, 0.15) is 0 Å². The Morgan fingerprint density at radius 1 is 1.45 bits per heavy atom. The third-order valence-electron chi connectivity index (χ3n) is 3.96. The van der Waals surface area contributed by atoms with Crippen LogP contribution in [0.1, 0.15) is 19.3 Å². The minimum atomic E-state index is -0.155. The van der Waals surface area contributed by atoms with Gasteiger partial charge in [0.15, 0.2) is 5.82 Å². The number of halogens is 1. The molecule has 1 aliphatic rings. The van der Waals surface area contributed by atoms with Gasteiger partial charge >= 0.3 is 0 Å². The summed E-state index contributed by atoms with van der Waals surface area (Å²) in [6.45, 7) is 0.623. The molecule has 0 aliphatic heterocycles. The Morgan fingerprint density at radius 2 is 2.25 bits per heavy atom. The quantitative estimate of drug-likeness (QED) is 0.874. The number of nitrogens with zero attached hydrogens (tertiary/aromatic N) is 4. The Bertz CT molecular complexity index is 617. The number of hydrogen-bond donors (Lipinski definition) is 1. The van der Waals surface area contributed by atoms with Crippen molar-refractivity contribution in [3.63, 3.8) is 0 Å². The van der Waals surface area contributed by atoms with Crippen molar-refractivity contribution in [2.45, 2.75) is 31.4 Å². The number of hydrogen-bond acceptors (Lipinski definition) is 5. The van der Waals surface area contributed by atoms with Gasteiger partial charge in [-0.25, -0.2) is 4.68 Å². The first kappa shape index (κ1) is 13.3. The van der Waals surface area contributed by atoms with Crippen LogP contribution in [-0.4, -0.2) is 32.9 Å². The van der Waals surface area contributed by atoms with Crippen LogP contribution in [-0.2, 0) is 11.3 Å². The van der Waals surface area contributed by atoms with E-state index in [-0.39, 0.29) is 5.60 Å². The van der Waals surface area contributed by atoms with Gasteiger partial charge in [0.25, 0.3) is 0 Å². The van der Waals surface area contributed by atoms with E-state index in [2.05, 4.69) is 15.5 Å². The van der Waals surface area contributed by atoms with Gasteiger partial charge in [-0.15, -0.1) is 5.10 Å². The van der Waals surface area contributed by atoms with Gasteiger partial charge in [-0.3, -0.25) is 0 Å². The van der Waals surface area contributed by atoms with Crippen molar-refractivity contribution in [1.82, 2.24) is 20.2 Å². The second kappa shape index (κ2) is 5.03. The molecule has 3 rings (SSSR count). The van der Waals surface area contributed by atoms with Gasteiger partial charge in [0.2, 0.25) is 0 Å². The van der Waals surface area contributed by atoms with E-state index in [0.29, 0.717) is 23.1 Å². The molecule has 6 nitrogen and oxygen atoms in total. The molecule has 0 bridgehead atoms.